The maximum atomic E-state index is 12.1. The summed E-state index contributed by atoms with van der Waals surface area (Å²) in [7, 11) is 0. The number of hydrogen-bond acceptors (Lipinski definition) is 2. The Balaban J connectivity index is 2.39. The Hall–Kier alpha value is -1.23. The average Bonchev–Trinajstić information content (AvgIpc) is 2.38. The summed E-state index contributed by atoms with van der Waals surface area (Å²) >= 11 is 0. The van der Waals surface area contributed by atoms with Crippen LogP contribution in [0.25, 0.3) is 0 Å². The molecule has 1 aromatic rings. The van der Waals surface area contributed by atoms with Gasteiger partial charge in [0.15, 0.2) is 0 Å². The first-order valence-corrected chi connectivity index (χ1v) is 6.97. The van der Waals surface area contributed by atoms with E-state index in [9.17, 15) is 13.2 Å². The molecule has 0 aliphatic carbocycles. The number of ether oxygens (including phenoxy) is 1. The van der Waals surface area contributed by atoms with Gasteiger partial charge in [0.05, 0.1) is 6.61 Å². The SMILES string of the molecule is CCCCOc1ccc(C(N)CCCC(F)(F)F)cc1. The minimum atomic E-state index is -4.10. The van der Waals surface area contributed by atoms with Gasteiger partial charge in [-0.05, 0) is 37.0 Å². The zero-order chi connectivity index (χ0) is 15.0. The maximum absolute atomic E-state index is 12.1. The van der Waals surface area contributed by atoms with Crippen molar-refractivity contribution in [1.82, 2.24) is 0 Å². The van der Waals surface area contributed by atoms with E-state index in [-0.39, 0.29) is 12.5 Å². The van der Waals surface area contributed by atoms with E-state index in [2.05, 4.69) is 6.92 Å². The molecule has 0 aromatic heterocycles. The molecule has 1 atom stereocenters. The molecule has 0 saturated heterocycles. The molecular formula is C15H22F3NO. The summed E-state index contributed by atoms with van der Waals surface area (Å²) in [6.45, 7) is 2.76. The molecule has 0 fully saturated rings. The molecule has 114 valence electrons. The summed E-state index contributed by atoms with van der Waals surface area (Å²) < 4.78 is 41.7. The van der Waals surface area contributed by atoms with Crippen molar-refractivity contribution in [2.45, 2.75) is 51.2 Å². The molecule has 0 amide bonds. The van der Waals surface area contributed by atoms with Crippen LogP contribution in [0.1, 0.15) is 50.6 Å². The molecule has 5 heteroatoms. The number of rotatable bonds is 8. The van der Waals surface area contributed by atoms with E-state index >= 15 is 0 Å². The fourth-order valence-corrected chi connectivity index (χ4v) is 1.83. The quantitative estimate of drug-likeness (QED) is 0.710. The lowest BCUT2D eigenvalue weighted by Crippen LogP contribution is -2.13. The average molecular weight is 289 g/mol. The molecule has 0 saturated carbocycles. The number of alkyl halides is 3. The number of nitrogens with two attached hydrogens (primary N) is 1. The van der Waals surface area contributed by atoms with Crippen LogP contribution in [0.15, 0.2) is 24.3 Å². The lowest BCUT2D eigenvalue weighted by molar-refractivity contribution is -0.135. The van der Waals surface area contributed by atoms with Gasteiger partial charge in [-0.2, -0.15) is 13.2 Å². The van der Waals surface area contributed by atoms with Crippen molar-refractivity contribution >= 4 is 0 Å². The number of halogens is 3. The highest BCUT2D eigenvalue weighted by atomic mass is 19.4. The van der Waals surface area contributed by atoms with Crippen LogP contribution in [-0.4, -0.2) is 12.8 Å². The van der Waals surface area contributed by atoms with Gasteiger partial charge >= 0.3 is 6.18 Å². The summed E-state index contributed by atoms with van der Waals surface area (Å²) in [4.78, 5) is 0. The summed E-state index contributed by atoms with van der Waals surface area (Å²) in [6.07, 6.45) is -2.43. The molecule has 0 radical (unpaired) electrons. The Morgan fingerprint density at radius 3 is 2.35 bits per heavy atom. The van der Waals surface area contributed by atoms with Crippen molar-refractivity contribution < 1.29 is 17.9 Å². The van der Waals surface area contributed by atoms with Crippen LogP contribution in [0.4, 0.5) is 13.2 Å². The van der Waals surface area contributed by atoms with Gasteiger partial charge in [-0.1, -0.05) is 25.5 Å². The monoisotopic (exact) mass is 289 g/mol. The normalized spacial score (nSPS) is 13.2. The molecule has 20 heavy (non-hydrogen) atoms. The van der Waals surface area contributed by atoms with E-state index in [0.29, 0.717) is 13.0 Å². The van der Waals surface area contributed by atoms with Crippen molar-refractivity contribution in [3.05, 3.63) is 29.8 Å². The lowest BCUT2D eigenvalue weighted by atomic mass is 10.0. The van der Waals surface area contributed by atoms with Gasteiger partial charge in [0, 0.05) is 12.5 Å². The molecule has 0 spiro atoms. The van der Waals surface area contributed by atoms with Gasteiger partial charge in [0.1, 0.15) is 5.75 Å². The second-order valence-electron chi connectivity index (χ2n) is 4.88. The van der Waals surface area contributed by atoms with Crippen molar-refractivity contribution in [2.24, 2.45) is 5.73 Å². The molecule has 2 N–H and O–H groups in total. The van der Waals surface area contributed by atoms with Crippen LogP contribution in [0.2, 0.25) is 0 Å². The van der Waals surface area contributed by atoms with Gasteiger partial charge in [-0.3, -0.25) is 0 Å². The first-order chi connectivity index (χ1) is 9.42. The summed E-state index contributed by atoms with van der Waals surface area (Å²) in [5.74, 6) is 0.768. The number of benzene rings is 1. The zero-order valence-electron chi connectivity index (χ0n) is 11.7. The predicted octanol–water partition coefficient (Wildman–Crippen LogP) is 4.60. The molecule has 2 nitrogen and oxygen atoms in total. The van der Waals surface area contributed by atoms with E-state index < -0.39 is 12.6 Å². The highest BCUT2D eigenvalue weighted by Gasteiger charge is 2.26. The summed E-state index contributed by atoms with van der Waals surface area (Å²) in [5, 5.41) is 0. The van der Waals surface area contributed by atoms with Crippen molar-refractivity contribution in [3.63, 3.8) is 0 Å². The fourth-order valence-electron chi connectivity index (χ4n) is 1.83. The van der Waals surface area contributed by atoms with Gasteiger partial charge in [-0.15, -0.1) is 0 Å². The first kappa shape index (κ1) is 16.8. The minimum absolute atomic E-state index is 0.0550. The van der Waals surface area contributed by atoms with Gasteiger partial charge in [-0.25, -0.2) is 0 Å². The van der Waals surface area contributed by atoms with Crippen LogP contribution in [-0.2, 0) is 0 Å². The van der Waals surface area contributed by atoms with Crippen LogP contribution in [0.3, 0.4) is 0 Å². The predicted molar refractivity (Wildman–Crippen MR) is 73.7 cm³/mol. The molecular weight excluding hydrogens is 267 g/mol. The van der Waals surface area contributed by atoms with E-state index in [0.717, 1.165) is 24.2 Å². The minimum Gasteiger partial charge on any atom is -0.494 e. The van der Waals surface area contributed by atoms with Crippen molar-refractivity contribution in [1.29, 1.82) is 0 Å². The van der Waals surface area contributed by atoms with Crippen molar-refractivity contribution in [2.75, 3.05) is 6.61 Å². The molecule has 1 unspecified atom stereocenters. The molecule has 1 aromatic carbocycles. The Morgan fingerprint density at radius 2 is 1.80 bits per heavy atom. The number of hydrogen-bond donors (Lipinski definition) is 1. The van der Waals surface area contributed by atoms with E-state index in [4.69, 9.17) is 10.5 Å². The van der Waals surface area contributed by atoms with Gasteiger partial charge in [0.2, 0.25) is 0 Å². The van der Waals surface area contributed by atoms with Crippen LogP contribution in [0.5, 0.6) is 5.75 Å². The Bertz CT molecular complexity index is 376. The lowest BCUT2D eigenvalue weighted by Gasteiger charge is -2.13. The fraction of sp³-hybridized carbons (Fsp3) is 0.600. The van der Waals surface area contributed by atoms with Crippen LogP contribution >= 0.6 is 0 Å². The van der Waals surface area contributed by atoms with E-state index in [1.165, 1.54) is 0 Å². The number of unbranched alkanes of at least 4 members (excludes halogenated alkanes) is 1. The van der Waals surface area contributed by atoms with Crippen LogP contribution in [0, 0.1) is 0 Å². The highest BCUT2D eigenvalue weighted by molar-refractivity contribution is 5.29. The summed E-state index contributed by atoms with van der Waals surface area (Å²) in [5.41, 5.74) is 6.73. The van der Waals surface area contributed by atoms with E-state index in [1.807, 2.05) is 24.3 Å². The Labute approximate surface area is 118 Å². The topological polar surface area (TPSA) is 35.2 Å². The Kier molecular flexibility index (Phi) is 6.85. The second-order valence-corrected chi connectivity index (χ2v) is 4.88. The third-order valence-electron chi connectivity index (χ3n) is 3.05. The first-order valence-electron chi connectivity index (χ1n) is 6.97. The highest BCUT2D eigenvalue weighted by Crippen LogP contribution is 2.26. The summed E-state index contributed by atoms with van der Waals surface area (Å²) in [6, 6.07) is 6.91. The largest absolute Gasteiger partial charge is 0.494 e. The third kappa shape index (κ3) is 6.80. The van der Waals surface area contributed by atoms with E-state index in [1.54, 1.807) is 0 Å². The molecule has 0 bridgehead atoms. The molecule has 1 rings (SSSR count). The smallest absolute Gasteiger partial charge is 0.389 e. The van der Waals surface area contributed by atoms with Gasteiger partial charge < -0.3 is 10.5 Å². The zero-order valence-corrected chi connectivity index (χ0v) is 11.7. The third-order valence-corrected chi connectivity index (χ3v) is 3.05. The van der Waals surface area contributed by atoms with Gasteiger partial charge in [0.25, 0.3) is 0 Å². The second kappa shape index (κ2) is 8.15. The van der Waals surface area contributed by atoms with Crippen molar-refractivity contribution in [3.8, 4) is 5.75 Å². The standard InChI is InChI=1S/C15H22F3NO/c1-2-3-11-20-13-8-6-12(7-9-13)14(19)5-4-10-15(16,17)18/h6-9,14H,2-5,10-11,19H2,1H3. The van der Waals surface area contributed by atoms with Crippen LogP contribution < -0.4 is 10.5 Å². The Morgan fingerprint density at radius 1 is 1.15 bits per heavy atom. The molecule has 0 aliphatic heterocycles. The maximum Gasteiger partial charge on any atom is 0.389 e. The molecule has 0 heterocycles. The molecule has 0 aliphatic rings.